The number of hydrogen-bond donors (Lipinski definition) is 2. The summed E-state index contributed by atoms with van der Waals surface area (Å²) in [4.78, 5) is 12.5. The summed E-state index contributed by atoms with van der Waals surface area (Å²) in [5.74, 6) is -0.0892. The number of nitrogens with two attached hydrogens (primary N) is 1. The molecule has 0 heterocycles. The summed E-state index contributed by atoms with van der Waals surface area (Å²) in [5, 5.41) is 1.63. The van der Waals surface area contributed by atoms with E-state index in [2.05, 4.69) is 5.43 Å². The molecule has 0 aliphatic carbocycles. The average molecular weight is 245 g/mol. The predicted octanol–water partition coefficient (Wildman–Crippen LogP) is 1.45. The van der Waals surface area contributed by atoms with E-state index in [0.29, 0.717) is 17.8 Å². The monoisotopic (exact) mass is 245 g/mol. The average Bonchev–Trinajstić information content (AvgIpc) is 2.15. The van der Waals surface area contributed by atoms with Crippen LogP contribution in [0.4, 0.5) is 0 Å². The van der Waals surface area contributed by atoms with E-state index in [1.807, 2.05) is 13.8 Å². The van der Waals surface area contributed by atoms with Gasteiger partial charge in [0.05, 0.1) is 4.99 Å². The second kappa shape index (κ2) is 6.81. The smallest absolute Gasteiger partial charge is 0.247 e. The molecule has 0 rings (SSSR count). The number of carbonyl (C=O) groups is 1. The Hall–Kier alpha value is -0.680. The lowest BCUT2D eigenvalue weighted by Crippen LogP contribution is -2.52. The van der Waals surface area contributed by atoms with Crippen molar-refractivity contribution in [1.29, 1.82) is 0 Å². The SMILES string of the molecule is CCCC(CCC)(C(=O)NN(C)C)C(N)=S. The Morgan fingerprint density at radius 1 is 1.31 bits per heavy atom. The lowest BCUT2D eigenvalue weighted by Gasteiger charge is -2.32. The van der Waals surface area contributed by atoms with Crippen LogP contribution in [0.2, 0.25) is 0 Å². The Kier molecular flexibility index (Phi) is 6.52. The molecule has 0 fully saturated rings. The summed E-state index contributed by atoms with van der Waals surface area (Å²) in [6, 6.07) is 0. The first kappa shape index (κ1) is 15.3. The fraction of sp³-hybridized carbons (Fsp3) is 0.818. The van der Waals surface area contributed by atoms with Crippen LogP contribution in [0.1, 0.15) is 39.5 Å². The van der Waals surface area contributed by atoms with E-state index < -0.39 is 5.41 Å². The van der Waals surface area contributed by atoms with Gasteiger partial charge in [-0.1, -0.05) is 38.9 Å². The second-order valence-electron chi connectivity index (χ2n) is 4.28. The lowest BCUT2D eigenvalue weighted by molar-refractivity contribution is -0.132. The van der Waals surface area contributed by atoms with Gasteiger partial charge in [-0.2, -0.15) is 0 Å². The first-order valence-corrected chi connectivity index (χ1v) is 6.09. The third-order valence-corrected chi connectivity index (χ3v) is 2.98. The molecular weight excluding hydrogens is 222 g/mol. The standard InChI is InChI=1S/C11H23N3OS/c1-5-7-11(8-6-2,9(12)16)10(15)13-14(3)4/h5-8H2,1-4H3,(H2,12,16)(H,13,15). The number of nitrogens with zero attached hydrogens (tertiary/aromatic N) is 1. The van der Waals surface area contributed by atoms with Crippen molar-refractivity contribution in [2.24, 2.45) is 11.1 Å². The zero-order valence-electron chi connectivity index (χ0n) is 10.7. The molecule has 0 aliphatic rings. The molecule has 0 spiro atoms. The van der Waals surface area contributed by atoms with Crippen LogP contribution < -0.4 is 11.2 Å². The van der Waals surface area contributed by atoms with Crippen LogP contribution in [0.15, 0.2) is 0 Å². The Morgan fingerprint density at radius 2 is 1.75 bits per heavy atom. The first-order chi connectivity index (χ1) is 7.40. The van der Waals surface area contributed by atoms with Crippen molar-refractivity contribution < 1.29 is 4.79 Å². The fourth-order valence-corrected chi connectivity index (χ4v) is 2.17. The number of nitrogens with one attached hydrogen (secondary N) is 1. The molecular formula is C11H23N3OS. The molecule has 0 unspecified atom stereocenters. The fourth-order valence-electron chi connectivity index (χ4n) is 1.87. The lowest BCUT2D eigenvalue weighted by atomic mass is 9.78. The Labute approximate surface area is 104 Å². The van der Waals surface area contributed by atoms with Gasteiger partial charge < -0.3 is 5.73 Å². The molecule has 0 bridgehead atoms. The molecule has 5 heteroatoms. The Bertz CT molecular complexity index is 248. The van der Waals surface area contributed by atoms with Gasteiger partial charge in [0.1, 0.15) is 5.41 Å². The molecule has 0 saturated heterocycles. The van der Waals surface area contributed by atoms with Gasteiger partial charge in [-0.3, -0.25) is 10.2 Å². The number of hydrogen-bond acceptors (Lipinski definition) is 3. The van der Waals surface area contributed by atoms with Crippen LogP contribution in [-0.4, -0.2) is 30.0 Å². The van der Waals surface area contributed by atoms with E-state index in [1.54, 1.807) is 19.1 Å². The van der Waals surface area contributed by atoms with E-state index in [4.69, 9.17) is 18.0 Å². The second-order valence-corrected chi connectivity index (χ2v) is 4.72. The summed E-state index contributed by atoms with van der Waals surface area (Å²) in [6.45, 7) is 4.07. The number of amides is 1. The van der Waals surface area contributed by atoms with Crippen molar-refractivity contribution in [2.45, 2.75) is 39.5 Å². The number of thiocarbonyl (C=S) groups is 1. The quantitative estimate of drug-likeness (QED) is 0.526. The third-order valence-electron chi connectivity index (χ3n) is 2.59. The number of rotatable bonds is 7. The van der Waals surface area contributed by atoms with Crippen LogP contribution in [-0.2, 0) is 4.79 Å². The van der Waals surface area contributed by atoms with Gasteiger partial charge in [-0.25, -0.2) is 5.01 Å². The predicted molar refractivity (Wildman–Crippen MR) is 70.9 cm³/mol. The molecule has 4 nitrogen and oxygen atoms in total. The molecule has 0 aliphatic heterocycles. The van der Waals surface area contributed by atoms with Gasteiger partial charge in [0.2, 0.25) is 5.91 Å². The highest BCUT2D eigenvalue weighted by atomic mass is 32.1. The summed E-state index contributed by atoms with van der Waals surface area (Å²) in [6.07, 6.45) is 3.18. The topological polar surface area (TPSA) is 58.4 Å². The van der Waals surface area contributed by atoms with Gasteiger partial charge in [0.15, 0.2) is 0 Å². The van der Waals surface area contributed by atoms with Gasteiger partial charge in [0, 0.05) is 14.1 Å². The molecule has 16 heavy (non-hydrogen) atoms. The number of carbonyl (C=O) groups excluding carboxylic acids is 1. The minimum Gasteiger partial charge on any atom is -0.392 e. The van der Waals surface area contributed by atoms with Crippen molar-refractivity contribution in [2.75, 3.05) is 14.1 Å². The van der Waals surface area contributed by atoms with Crippen molar-refractivity contribution in [3.8, 4) is 0 Å². The zero-order valence-corrected chi connectivity index (χ0v) is 11.5. The summed E-state index contributed by atoms with van der Waals surface area (Å²) in [7, 11) is 3.56. The molecule has 0 aromatic rings. The van der Waals surface area contributed by atoms with Crippen molar-refractivity contribution in [3.63, 3.8) is 0 Å². The molecule has 1 amide bonds. The maximum Gasteiger partial charge on any atom is 0.247 e. The third kappa shape index (κ3) is 3.72. The molecule has 0 radical (unpaired) electrons. The van der Waals surface area contributed by atoms with Crippen LogP contribution in [0.3, 0.4) is 0 Å². The summed E-state index contributed by atoms with van der Waals surface area (Å²) < 4.78 is 0. The van der Waals surface area contributed by atoms with Gasteiger partial charge in [-0.05, 0) is 12.8 Å². The highest BCUT2D eigenvalue weighted by Crippen LogP contribution is 2.30. The van der Waals surface area contributed by atoms with Gasteiger partial charge in [-0.15, -0.1) is 0 Å². The maximum absolute atomic E-state index is 12.2. The molecule has 0 aromatic carbocycles. The molecule has 0 aromatic heterocycles. The minimum absolute atomic E-state index is 0.0892. The molecule has 0 saturated carbocycles. The van der Waals surface area contributed by atoms with E-state index >= 15 is 0 Å². The molecule has 94 valence electrons. The van der Waals surface area contributed by atoms with E-state index in [0.717, 1.165) is 12.8 Å². The largest absolute Gasteiger partial charge is 0.392 e. The summed E-state index contributed by atoms with van der Waals surface area (Å²) >= 11 is 5.09. The van der Waals surface area contributed by atoms with Crippen LogP contribution >= 0.6 is 12.2 Å². The number of hydrazine groups is 1. The van der Waals surface area contributed by atoms with Crippen LogP contribution in [0.25, 0.3) is 0 Å². The van der Waals surface area contributed by atoms with E-state index in [1.165, 1.54) is 0 Å². The van der Waals surface area contributed by atoms with E-state index in [-0.39, 0.29) is 5.91 Å². The highest BCUT2D eigenvalue weighted by molar-refractivity contribution is 7.80. The summed E-state index contributed by atoms with van der Waals surface area (Å²) in [5.41, 5.74) is 7.84. The minimum atomic E-state index is -0.691. The van der Waals surface area contributed by atoms with Crippen molar-refractivity contribution in [3.05, 3.63) is 0 Å². The van der Waals surface area contributed by atoms with E-state index in [9.17, 15) is 4.79 Å². The van der Waals surface area contributed by atoms with Crippen LogP contribution in [0.5, 0.6) is 0 Å². The highest BCUT2D eigenvalue weighted by Gasteiger charge is 2.39. The van der Waals surface area contributed by atoms with Gasteiger partial charge >= 0.3 is 0 Å². The van der Waals surface area contributed by atoms with Crippen molar-refractivity contribution >= 4 is 23.1 Å². The normalized spacial score (nSPS) is 11.6. The first-order valence-electron chi connectivity index (χ1n) is 5.69. The van der Waals surface area contributed by atoms with Gasteiger partial charge in [0.25, 0.3) is 0 Å². The Morgan fingerprint density at radius 3 is 2.00 bits per heavy atom. The Balaban J connectivity index is 5.00. The molecule has 3 N–H and O–H groups in total. The zero-order chi connectivity index (χ0) is 12.8. The van der Waals surface area contributed by atoms with Crippen LogP contribution in [0, 0.1) is 5.41 Å². The van der Waals surface area contributed by atoms with Crippen molar-refractivity contribution in [1.82, 2.24) is 10.4 Å². The maximum atomic E-state index is 12.2. The molecule has 0 atom stereocenters.